The van der Waals surface area contributed by atoms with Crippen LogP contribution in [0.2, 0.25) is 0 Å². The average Bonchev–Trinajstić information content (AvgIpc) is 2.08. The Labute approximate surface area is 74.1 Å². The number of rotatable bonds is 5. The van der Waals surface area contributed by atoms with E-state index in [0.29, 0.717) is 0 Å². The molecule has 0 spiro atoms. The first-order chi connectivity index (χ1) is 5.16. The third-order valence-corrected chi connectivity index (χ3v) is 2.87. The Kier molecular flexibility index (Phi) is 5.49. The zero-order chi connectivity index (χ0) is 8.91. The molecule has 1 atom stereocenters. The van der Waals surface area contributed by atoms with E-state index in [0.717, 1.165) is 10.8 Å². The summed E-state index contributed by atoms with van der Waals surface area (Å²) in [7, 11) is 0.775. The fraction of sp³-hybridized carbons (Fsp3) is 1.00. The summed E-state index contributed by atoms with van der Waals surface area (Å²) in [5.74, 6) is 0. The van der Waals surface area contributed by atoms with Crippen LogP contribution in [0.15, 0.2) is 0 Å². The van der Waals surface area contributed by atoms with Gasteiger partial charge >= 0.3 is 0 Å². The van der Waals surface area contributed by atoms with Crippen molar-refractivity contribution < 1.29 is 20.4 Å². The minimum absolute atomic E-state index is 0.477. The number of hydrogen-bond donors (Lipinski definition) is 5. The molecule has 4 N–H and O–H groups in total. The second-order valence-electron chi connectivity index (χ2n) is 2.29. The number of thiol groups is 1. The van der Waals surface area contributed by atoms with E-state index in [4.69, 9.17) is 15.3 Å². The van der Waals surface area contributed by atoms with Crippen LogP contribution in [0.1, 0.15) is 0 Å². The molecule has 6 heteroatoms. The molecule has 0 amide bonds. The minimum Gasteiger partial charge on any atom is -0.395 e. The normalized spacial score (nSPS) is 15.0. The molecule has 0 aromatic carbocycles. The van der Waals surface area contributed by atoms with E-state index < -0.39 is 30.7 Å². The fourth-order valence-corrected chi connectivity index (χ4v) is 1.61. The van der Waals surface area contributed by atoms with Gasteiger partial charge in [0, 0.05) is 0 Å². The van der Waals surface area contributed by atoms with Gasteiger partial charge < -0.3 is 20.4 Å². The highest BCUT2D eigenvalue weighted by Gasteiger charge is 2.36. The monoisotopic (exact) mass is 200 g/mol. The molecule has 68 valence electrons. The number of aliphatic hydroxyl groups is 4. The third kappa shape index (κ3) is 2.50. The van der Waals surface area contributed by atoms with E-state index in [-0.39, 0.29) is 0 Å². The highest BCUT2D eigenvalue weighted by Crippen LogP contribution is 2.30. The van der Waals surface area contributed by atoms with Gasteiger partial charge in [-0.1, -0.05) is 10.8 Å². The van der Waals surface area contributed by atoms with E-state index in [1.54, 1.807) is 0 Å². The summed E-state index contributed by atoms with van der Waals surface area (Å²) in [5, 5.41) is 35.4. The molecule has 0 fully saturated rings. The van der Waals surface area contributed by atoms with Crippen LogP contribution < -0.4 is 0 Å². The summed E-state index contributed by atoms with van der Waals surface area (Å²) in [6, 6.07) is 0. The van der Waals surface area contributed by atoms with Crippen LogP contribution >= 0.6 is 22.5 Å². The van der Waals surface area contributed by atoms with E-state index in [1.165, 1.54) is 0 Å². The molecule has 0 aliphatic heterocycles. The quantitative estimate of drug-likeness (QED) is 0.220. The van der Waals surface area contributed by atoms with Crippen molar-refractivity contribution in [1.29, 1.82) is 0 Å². The predicted molar refractivity (Wildman–Crippen MR) is 46.3 cm³/mol. The summed E-state index contributed by atoms with van der Waals surface area (Å²) in [5.41, 5.74) is -2.34. The van der Waals surface area contributed by atoms with Crippen molar-refractivity contribution in [1.82, 2.24) is 0 Å². The second kappa shape index (κ2) is 5.23. The van der Waals surface area contributed by atoms with Crippen molar-refractivity contribution in [2.24, 2.45) is 5.41 Å². The smallest absolute Gasteiger partial charge is 0.121 e. The standard InChI is InChI=1S/C5H12O4S2/c6-1-5(2-7,3-8)4(9)11-10/h4,6-10H,1-3H2. The van der Waals surface area contributed by atoms with Crippen LogP contribution in [0, 0.1) is 5.41 Å². The van der Waals surface area contributed by atoms with Gasteiger partial charge in [-0.15, -0.1) is 11.7 Å². The van der Waals surface area contributed by atoms with Gasteiger partial charge in [0.2, 0.25) is 0 Å². The maximum Gasteiger partial charge on any atom is 0.121 e. The van der Waals surface area contributed by atoms with Crippen molar-refractivity contribution in [2.45, 2.75) is 5.44 Å². The lowest BCUT2D eigenvalue weighted by molar-refractivity contribution is -0.0467. The number of hydrogen-bond acceptors (Lipinski definition) is 6. The summed E-state index contributed by atoms with van der Waals surface area (Å²) in [6.45, 7) is -1.43. The molecule has 11 heavy (non-hydrogen) atoms. The van der Waals surface area contributed by atoms with Crippen LogP contribution in [0.3, 0.4) is 0 Å². The first-order valence-corrected chi connectivity index (χ1v) is 4.91. The van der Waals surface area contributed by atoms with Gasteiger partial charge in [-0.3, -0.25) is 0 Å². The van der Waals surface area contributed by atoms with Crippen molar-refractivity contribution >= 4 is 22.5 Å². The molecule has 1 unspecified atom stereocenters. The van der Waals surface area contributed by atoms with E-state index in [9.17, 15) is 5.11 Å². The Balaban J connectivity index is 4.26. The van der Waals surface area contributed by atoms with Gasteiger partial charge in [0.05, 0.1) is 25.2 Å². The molecule has 0 radical (unpaired) electrons. The molecule has 0 aliphatic rings. The van der Waals surface area contributed by atoms with Crippen molar-refractivity contribution in [3.8, 4) is 0 Å². The Hall–Kier alpha value is 0.540. The molecular formula is C5H12O4S2. The van der Waals surface area contributed by atoms with Gasteiger partial charge in [0.15, 0.2) is 0 Å². The lowest BCUT2D eigenvalue weighted by atomic mass is 9.92. The molecule has 4 nitrogen and oxygen atoms in total. The summed E-state index contributed by atoms with van der Waals surface area (Å²) >= 11 is 3.70. The largest absolute Gasteiger partial charge is 0.395 e. The maximum absolute atomic E-state index is 9.17. The molecule has 0 saturated heterocycles. The van der Waals surface area contributed by atoms with Crippen molar-refractivity contribution in [2.75, 3.05) is 19.8 Å². The first-order valence-electron chi connectivity index (χ1n) is 2.97. The lowest BCUT2D eigenvalue weighted by Gasteiger charge is -2.30. The molecular weight excluding hydrogens is 188 g/mol. The lowest BCUT2D eigenvalue weighted by Crippen LogP contribution is -2.43. The van der Waals surface area contributed by atoms with Crippen LogP contribution in [0.5, 0.6) is 0 Å². The molecule has 0 aromatic rings. The van der Waals surface area contributed by atoms with Gasteiger partial charge in [0.1, 0.15) is 5.44 Å². The predicted octanol–water partition coefficient (Wildman–Crippen LogP) is -1.15. The van der Waals surface area contributed by atoms with Crippen LogP contribution in [-0.4, -0.2) is 45.7 Å². The van der Waals surface area contributed by atoms with Crippen LogP contribution in [-0.2, 0) is 0 Å². The zero-order valence-electron chi connectivity index (χ0n) is 5.84. The van der Waals surface area contributed by atoms with E-state index in [1.807, 2.05) is 0 Å². The highest BCUT2D eigenvalue weighted by atomic mass is 33.1. The zero-order valence-corrected chi connectivity index (χ0v) is 7.55. The van der Waals surface area contributed by atoms with Crippen LogP contribution in [0.4, 0.5) is 0 Å². The topological polar surface area (TPSA) is 80.9 Å². The van der Waals surface area contributed by atoms with E-state index in [2.05, 4.69) is 11.7 Å². The first kappa shape index (κ1) is 11.5. The molecule has 0 heterocycles. The summed E-state index contributed by atoms with van der Waals surface area (Å²) in [4.78, 5) is 0. The molecule has 0 aromatic heterocycles. The van der Waals surface area contributed by atoms with Gasteiger partial charge in [-0.05, 0) is 0 Å². The molecule has 0 saturated carbocycles. The van der Waals surface area contributed by atoms with Crippen molar-refractivity contribution in [3.63, 3.8) is 0 Å². The number of aliphatic hydroxyl groups excluding tert-OH is 4. The second-order valence-corrected chi connectivity index (χ2v) is 3.58. The van der Waals surface area contributed by atoms with E-state index >= 15 is 0 Å². The fourth-order valence-electron chi connectivity index (χ4n) is 0.496. The molecule has 0 rings (SSSR count). The molecule has 0 bridgehead atoms. The SMILES string of the molecule is OCC(CO)(CO)C(O)SS. The third-order valence-electron chi connectivity index (χ3n) is 1.57. The summed E-state index contributed by atoms with van der Waals surface area (Å²) in [6.07, 6.45) is 0. The average molecular weight is 200 g/mol. The van der Waals surface area contributed by atoms with Gasteiger partial charge in [-0.2, -0.15) is 0 Å². The summed E-state index contributed by atoms with van der Waals surface area (Å²) < 4.78 is 0. The van der Waals surface area contributed by atoms with Gasteiger partial charge in [-0.25, -0.2) is 0 Å². The van der Waals surface area contributed by atoms with Crippen LogP contribution in [0.25, 0.3) is 0 Å². The Bertz CT molecular complexity index is 98.4. The maximum atomic E-state index is 9.17. The molecule has 0 aliphatic carbocycles. The highest BCUT2D eigenvalue weighted by molar-refractivity contribution is 8.68. The van der Waals surface area contributed by atoms with Crippen molar-refractivity contribution in [3.05, 3.63) is 0 Å². The Morgan fingerprint density at radius 1 is 1.18 bits per heavy atom. The van der Waals surface area contributed by atoms with Gasteiger partial charge in [0.25, 0.3) is 0 Å². The Morgan fingerprint density at radius 2 is 1.55 bits per heavy atom. The Morgan fingerprint density at radius 3 is 1.64 bits per heavy atom. The minimum atomic E-state index is -1.26.